The third-order valence-electron chi connectivity index (χ3n) is 10.5. The van der Waals surface area contributed by atoms with Gasteiger partial charge in [-0.2, -0.15) is 9.97 Å². The monoisotopic (exact) mass is 1280 g/mol. The molecule has 27 heteroatoms. The molecule has 5 aromatic heterocycles. The van der Waals surface area contributed by atoms with E-state index in [1.807, 2.05) is 13.0 Å². The highest BCUT2D eigenvalue weighted by Crippen LogP contribution is 2.17. The largest absolute Gasteiger partial charge is 0.481 e. The number of carbonyl (C=O) groups excluding carboxylic acids is 2. The zero-order chi connectivity index (χ0) is 67.1. The summed E-state index contributed by atoms with van der Waals surface area (Å²) in [6, 6.07) is 28.6. The minimum atomic E-state index is -1.06. The lowest BCUT2D eigenvalue weighted by Crippen LogP contribution is -2.37. The molecule has 0 aliphatic heterocycles. The van der Waals surface area contributed by atoms with Gasteiger partial charge in [0.1, 0.15) is 58.8 Å². The Kier molecular flexibility index (Phi) is 30.7. The van der Waals surface area contributed by atoms with Gasteiger partial charge in [0.2, 0.25) is 23.4 Å². The number of benzene rings is 3. The molecule has 0 aliphatic carbocycles. The summed E-state index contributed by atoms with van der Waals surface area (Å²) in [7, 11) is 4.76. The summed E-state index contributed by atoms with van der Waals surface area (Å²) in [4.78, 5) is 66.4. The van der Waals surface area contributed by atoms with Gasteiger partial charge in [-0.15, -0.1) is 12.4 Å². The highest BCUT2D eigenvalue weighted by molar-refractivity contribution is 5.95. The molecular weight excluding hydrogens is 1220 g/mol. The second-order valence-corrected chi connectivity index (χ2v) is 20.8. The number of hydrogen-bond acceptors (Lipinski definition) is 18. The minimum Gasteiger partial charge on any atom is -0.481 e. The van der Waals surface area contributed by atoms with Crippen molar-refractivity contribution in [2.24, 2.45) is 10.9 Å². The normalized spacial score (nSPS) is 10.3. The van der Waals surface area contributed by atoms with E-state index >= 15 is 0 Å². The molecule has 0 bridgehead atoms. The number of nitrogens with zero attached hydrogens (tertiary/aromatic N) is 10. The van der Waals surface area contributed by atoms with Crippen molar-refractivity contribution in [1.82, 2.24) is 50.3 Å². The SMILES string of the molecule is CCCC(=O)O.CN(CC(=O)O)C(=O)OC(C)(C)C.CN(Cc1nc(-c2ccc(C#Cc3cccc(F)c3)cn2)no1)C(=O)OC(C)(C)C.CNCc1nc(-c2ccc(C#Cc3cccc(F)c3)cn2)no1.Cl.N/C(=N\O)c1ccc(C#Cc2cccc(F)c2)cn1. The summed E-state index contributed by atoms with van der Waals surface area (Å²) >= 11 is 0. The third kappa shape index (κ3) is 29.2. The standard InChI is InChI=1S/C22H21FN4O3.C17H13FN4O.C14H10FN3O.C8H15NO4.C4H8O2.ClH/c1-22(2,3)29-21(28)27(4)14-19-25-20(26-30-19)18-11-10-16(13-24-18)9-8-15-6-5-7-17(23)12-15;1-19-11-16-21-17(22-23-16)15-8-7-13(10-20-15)6-5-12-3-2-4-14(18)9-12;15-12-3-1-2-10(8-12)4-5-11-6-7-13(17-9-11)14(16)18-19;1-8(2,3)13-7(12)9(4)5-6(10)11;1-2-3-4(5)6;/h5-7,10-13H,14H2,1-4H3;2-4,7-10,19H,11H2,1H3;1-3,6-9,19H,(H2,16,18);5H2,1-4H3,(H,10,11);2-3H2,1H3,(H,5,6);1H. The second-order valence-electron chi connectivity index (χ2n) is 20.8. The Morgan fingerprint density at radius 1 is 0.598 bits per heavy atom. The van der Waals surface area contributed by atoms with Crippen LogP contribution in [-0.2, 0) is 32.2 Å². The van der Waals surface area contributed by atoms with Crippen LogP contribution in [0.5, 0.6) is 0 Å². The molecule has 482 valence electrons. The third-order valence-corrected chi connectivity index (χ3v) is 10.5. The van der Waals surface area contributed by atoms with Gasteiger partial charge in [-0.25, -0.2) is 22.8 Å². The summed E-state index contributed by atoms with van der Waals surface area (Å²) < 4.78 is 59.7. The minimum absolute atomic E-state index is 0. The predicted molar refractivity (Wildman–Crippen MR) is 336 cm³/mol. The number of carbonyl (C=O) groups is 4. The molecule has 0 aliphatic rings. The maximum Gasteiger partial charge on any atom is 0.410 e. The molecular formula is C65H68ClF3N12O11. The van der Waals surface area contributed by atoms with Gasteiger partial charge in [0.05, 0.1) is 6.54 Å². The highest BCUT2D eigenvalue weighted by Gasteiger charge is 2.23. The van der Waals surface area contributed by atoms with Crippen LogP contribution in [-0.4, -0.2) is 129 Å². The van der Waals surface area contributed by atoms with Crippen LogP contribution >= 0.6 is 12.4 Å². The topological polar surface area (TPSA) is 321 Å². The van der Waals surface area contributed by atoms with E-state index < -0.39 is 35.3 Å². The molecule has 5 heterocycles. The first-order valence-electron chi connectivity index (χ1n) is 27.4. The molecule has 2 amide bonds. The van der Waals surface area contributed by atoms with Gasteiger partial charge in [-0.3, -0.25) is 24.5 Å². The maximum absolute atomic E-state index is 13.2. The number of carboxylic acids is 2. The summed E-state index contributed by atoms with van der Waals surface area (Å²) in [6.07, 6.45) is 4.60. The summed E-state index contributed by atoms with van der Waals surface area (Å²) in [5.74, 6) is 16.0. The first-order valence-corrected chi connectivity index (χ1v) is 27.4. The van der Waals surface area contributed by atoms with Gasteiger partial charge >= 0.3 is 24.1 Å². The average Bonchev–Trinajstić information content (AvgIpc) is 1.75. The molecule has 8 rings (SSSR count). The maximum atomic E-state index is 13.2. The Bertz CT molecular complexity index is 3920. The van der Waals surface area contributed by atoms with E-state index in [0.717, 1.165) is 16.9 Å². The first kappa shape index (κ1) is 75.1. The van der Waals surface area contributed by atoms with Gasteiger partial charge < -0.3 is 54.8 Å². The Labute approximate surface area is 535 Å². The second kappa shape index (κ2) is 37.6. The number of hydrogen-bond donors (Lipinski definition) is 5. The number of halogens is 4. The molecule has 0 radical (unpaired) electrons. The molecule has 8 aromatic rings. The van der Waals surface area contributed by atoms with Crippen molar-refractivity contribution in [1.29, 1.82) is 0 Å². The fourth-order valence-electron chi connectivity index (χ4n) is 6.44. The van der Waals surface area contributed by atoms with Gasteiger partial charge in [0.15, 0.2) is 5.84 Å². The van der Waals surface area contributed by atoms with Gasteiger partial charge in [0, 0.05) is 72.5 Å². The number of amides is 2. The number of rotatable bonds is 11. The van der Waals surface area contributed by atoms with Crippen LogP contribution in [0.25, 0.3) is 23.0 Å². The van der Waals surface area contributed by atoms with Crippen molar-refractivity contribution in [3.8, 4) is 58.6 Å². The number of carboxylic acid groups (broad SMARTS) is 2. The number of aromatic nitrogens is 7. The number of nitrogens with one attached hydrogen (secondary N) is 1. The smallest absolute Gasteiger partial charge is 0.410 e. The summed E-state index contributed by atoms with van der Waals surface area (Å²) in [5, 5.41) is 38.3. The van der Waals surface area contributed by atoms with Crippen molar-refractivity contribution >= 4 is 42.4 Å². The zero-order valence-corrected chi connectivity index (χ0v) is 52.7. The average molecular weight is 1290 g/mol. The molecule has 92 heavy (non-hydrogen) atoms. The van der Waals surface area contributed by atoms with Crippen molar-refractivity contribution in [2.45, 2.75) is 85.6 Å². The Balaban J connectivity index is 0.000000320. The Morgan fingerprint density at radius 2 is 1.00 bits per heavy atom. The lowest BCUT2D eigenvalue weighted by atomic mass is 10.2. The van der Waals surface area contributed by atoms with Gasteiger partial charge in [-0.1, -0.05) is 76.1 Å². The van der Waals surface area contributed by atoms with Gasteiger partial charge in [-0.05, 0) is 146 Å². The molecule has 0 atom stereocenters. The lowest BCUT2D eigenvalue weighted by molar-refractivity contribution is -0.138. The molecule has 0 fully saturated rings. The van der Waals surface area contributed by atoms with Crippen molar-refractivity contribution < 1.29 is 66.3 Å². The number of oxime groups is 1. The Morgan fingerprint density at radius 3 is 1.34 bits per heavy atom. The van der Waals surface area contributed by atoms with Crippen LogP contribution < -0.4 is 11.1 Å². The Hall–Kier alpha value is -11.1. The van der Waals surface area contributed by atoms with Gasteiger partial charge in [0.25, 0.3) is 0 Å². The van der Waals surface area contributed by atoms with Crippen LogP contribution in [0.4, 0.5) is 22.8 Å². The molecule has 0 saturated carbocycles. The number of aliphatic carboxylic acids is 2. The molecule has 6 N–H and O–H groups in total. The van der Waals surface area contributed by atoms with E-state index in [2.05, 4.69) is 81.2 Å². The number of nitrogens with two attached hydrogens (primary N) is 1. The molecule has 0 saturated heterocycles. The fourth-order valence-corrected chi connectivity index (χ4v) is 6.44. The van der Waals surface area contributed by atoms with Crippen LogP contribution in [0, 0.1) is 53.0 Å². The molecule has 3 aromatic carbocycles. The van der Waals surface area contributed by atoms with Crippen molar-refractivity contribution in [3.05, 3.63) is 196 Å². The van der Waals surface area contributed by atoms with E-state index in [-0.39, 0.29) is 54.7 Å². The number of amidine groups is 1. The van der Waals surface area contributed by atoms with Crippen molar-refractivity contribution in [3.63, 3.8) is 0 Å². The number of likely N-dealkylation sites (N-methyl/N-ethyl adjacent to an activating group) is 1. The molecule has 0 unspecified atom stereocenters. The van der Waals surface area contributed by atoms with Crippen molar-refractivity contribution in [2.75, 3.05) is 27.7 Å². The van der Waals surface area contributed by atoms with Crippen LogP contribution in [0.3, 0.4) is 0 Å². The summed E-state index contributed by atoms with van der Waals surface area (Å²) in [6.45, 7) is 12.6. The van der Waals surface area contributed by atoms with Crippen LogP contribution in [0.2, 0.25) is 0 Å². The van der Waals surface area contributed by atoms with E-state index in [1.54, 1.807) is 135 Å². The van der Waals surface area contributed by atoms with E-state index in [0.29, 0.717) is 75.4 Å². The fraction of sp³-hybridized carbons (Fsp3) is 0.262. The predicted octanol–water partition coefficient (Wildman–Crippen LogP) is 10.4. The number of ether oxygens (including phenoxy) is 2. The van der Waals surface area contributed by atoms with E-state index in [9.17, 15) is 32.3 Å². The van der Waals surface area contributed by atoms with E-state index in [1.165, 1.54) is 54.5 Å². The molecule has 23 nitrogen and oxygen atoms in total. The highest BCUT2D eigenvalue weighted by atomic mass is 35.5. The quantitative estimate of drug-likeness (QED) is 0.0264. The zero-order valence-electron chi connectivity index (χ0n) is 51.9. The lowest BCUT2D eigenvalue weighted by Gasteiger charge is -2.23. The first-order chi connectivity index (χ1) is 43.1. The summed E-state index contributed by atoms with van der Waals surface area (Å²) in [5.41, 5.74) is 9.48. The number of pyridine rings is 3. The van der Waals surface area contributed by atoms with E-state index in [4.69, 9.17) is 39.7 Å². The molecule has 0 spiro atoms. The van der Waals surface area contributed by atoms with Crippen LogP contribution in [0.15, 0.2) is 142 Å². The van der Waals surface area contributed by atoms with Crippen LogP contribution in [0.1, 0.15) is 112 Å².